The molecule has 2 nitrogen and oxygen atoms in total. The van der Waals surface area contributed by atoms with Crippen molar-refractivity contribution in [2.45, 2.75) is 124 Å². The molecule has 0 amide bonds. The van der Waals surface area contributed by atoms with Crippen molar-refractivity contribution in [3.8, 4) is 22.3 Å². The van der Waals surface area contributed by atoms with Crippen LogP contribution in [0.2, 0.25) is 0 Å². The number of fused-ring (bicyclic) bond motifs is 6. The van der Waals surface area contributed by atoms with Gasteiger partial charge >= 0.3 is 0 Å². The highest BCUT2D eigenvalue weighted by atomic mass is 15.2. The molecule has 8 aromatic rings. The van der Waals surface area contributed by atoms with Crippen LogP contribution in [-0.2, 0) is 27.1 Å². The van der Waals surface area contributed by atoms with Gasteiger partial charge in [-0.25, -0.2) is 0 Å². The quantitative estimate of drug-likeness (QED) is 0.162. The summed E-state index contributed by atoms with van der Waals surface area (Å²) >= 11 is 0. The molecular formula is C67H69BN2. The monoisotopic (exact) mass is 913 g/mol. The molecule has 0 spiro atoms. The molecule has 0 unspecified atom stereocenters. The molecule has 0 saturated carbocycles. The minimum atomic E-state index is -0.228. The summed E-state index contributed by atoms with van der Waals surface area (Å²) < 4.78 is 0. The summed E-state index contributed by atoms with van der Waals surface area (Å²) in [7, 11) is 0. The fourth-order valence-corrected chi connectivity index (χ4v) is 12.2. The zero-order valence-corrected chi connectivity index (χ0v) is 44.1. The molecule has 0 fully saturated rings. The lowest BCUT2D eigenvalue weighted by atomic mass is 9.33. The number of anilines is 6. The van der Waals surface area contributed by atoms with Crippen molar-refractivity contribution in [2.24, 2.45) is 0 Å². The van der Waals surface area contributed by atoms with Crippen LogP contribution in [0.5, 0.6) is 0 Å². The molecule has 1 aliphatic carbocycles. The SMILES string of the molecule is Cc1cc2c3c(c1)N(c1ccc(C(C)(C)C)cc1-c1ccccc1)c1cc4c(cc1B3c1ccc(C(C)(C)C)cc1N2c1ccc(C(C)(C)C)cc1-c1ccccc1)C(C)(C)c1ccccc1C4(C)C. The maximum absolute atomic E-state index is 2.67. The highest BCUT2D eigenvalue weighted by Gasteiger charge is 2.48. The maximum Gasteiger partial charge on any atom is 0.252 e. The predicted molar refractivity (Wildman–Crippen MR) is 303 cm³/mol. The van der Waals surface area contributed by atoms with Crippen molar-refractivity contribution in [2.75, 3.05) is 9.80 Å². The summed E-state index contributed by atoms with van der Waals surface area (Å²) in [5.74, 6) is 0. The molecule has 350 valence electrons. The summed E-state index contributed by atoms with van der Waals surface area (Å²) in [6.07, 6.45) is 0. The Balaban J connectivity index is 1.29. The molecule has 70 heavy (non-hydrogen) atoms. The first-order valence-electron chi connectivity index (χ1n) is 25.6. The lowest BCUT2D eigenvalue weighted by Crippen LogP contribution is -2.62. The van der Waals surface area contributed by atoms with E-state index in [1.54, 1.807) is 0 Å². The van der Waals surface area contributed by atoms with Gasteiger partial charge in [-0.05, 0) is 144 Å². The average Bonchev–Trinajstić information content (AvgIpc) is 3.32. The van der Waals surface area contributed by atoms with E-state index in [1.165, 1.54) is 117 Å². The Bertz CT molecular complexity index is 3390. The van der Waals surface area contributed by atoms with Crippen molar-refractivity contribution in [1.29, 1.82) is 0 Å². The van der Waals surface area contributed by atoms with Gasteiger partial charge in [0.05, 0.1) is 11.4 Å². The number of rotatable bonds is 4. The molecule has 11 rings (SSSR count). The summed E-state index contributed by atoms with van der Waals surface area (Å²) in [6.45, 7) is 33.1. The van der Waals surface area contributed by atoms with E-state index in [9.17, 15) is 0 Å². The van der Waals surface area contributed by atoms with E-state index in [0.717, 1.165) is 0 Å². The van der Waals surface area contributed by atoms with Gasteiger partial charge in [0.2, 0.25) is 0 Å². The second-order valence-corrected chi connectivity index (χ2v) is 24.8. The highest BCUT2D eigenvalue weighted by molar-refractivity contribution is 7.00. The molecule has 0 aromatic heterocycles. The first kappa shape index (κ1) is 45.8. The fourth-order valence-electron chi connectivity index (χ4n) is 12.2. The van der Waals surface area contributed by atoms with E-state index in [2.05, 4.69) is 271 Å². The van der Waals surface area contributed by atoms with E-state index in [-0.39, 0.29) is 33.8 Å². The van der Waals surface area contributed by atoms with Gasteiger partial charge in [0, 0.05) is 44.7 Å². The number of hydrogen-bond donors (Lipinski definition) is 0. The zero-order valence-electron chi connectivity index (χ0n) is 44.1. The Morgan fingerprint density at radius 3 is 1.21 bits per heavy atom. The molecule has 0 N–H and O–H groups in total. The van der Waals surface area contributed by atoms with Gasteiger partial charge in [-0.1, -0.05) is 205 Å². The fraction of sp³-hybridized carbons (Fsp3) is 0.284. The van der Waals surface area contributed by atoms with Gasteiger partial charge in [0.1, 0.15) is 0 Å². The summed E-state index contributed by atoms with van der Waals surface area (Å²) in [4.78, 5) is 5.32. The largest absolute Gasteiger partial charge is 0.311 e. The van der Waals surface area contributed by atoms with Crippen LogP contribution in [0, 0.1) is 6.92 Å². The number of aryl methyl sites for hydroxylation is 1. The van der Waals surface area contributed by atoms with Crippen molar-refractivity contribution < 1.29 is 0 Å². The second-order valence-electron chi connectivity index (χ2n) is 24.8. The first-order valence-corrected chi connectivity index (χ1v) is 25.6. The van der Waals surface area contributed by atoms with Crippen LogP contribution in [0.15, 0.2) is 164 Å². The van der Waals surface area contributed by atoms with Crippen LogP contribution in [0.3, 0.4) is 0 Å². The van der Waals surface area contributed by atoms with Crippen molar-refractivity contribution in [3.05, 3.63) is 208 Å². The minimum absolute atomic E-state index is 0.0263. The number of hydrogen-bond acceptors (Lipinski definition) is 2. The first-order chi connectivity index (χ1) is 33.0. The van der Waals surface area contributed by atoms with Crippen molar-refractivity contribution in [1.82, 2.24) is 0 Å². The summed E-state index contributed by atoms with van der Waals surface area (Å²) in [5, 5.41) is 0. The third kappa shape index (κ3) is 7.12. The van der Waals surface area contributed by atoms with E-state index in [4.69, 9.17) is 0 Å². The molecular weight excluding hydrogens is 844 g/mol. The molecule has 0 atom stereocenters. The van der Waals surface area contributed by atoms with Crippen LogP contribution in [0.4, 0.5) is 34.1 Å². The molecule has 3 aliphatic rings. The van der Waals surface area contributed by atoms with Gasteiger partial charge in [0.25, 0.3) is 6.71 Å². The van der Waals surface area contributed by atoms with Gasteiger partial charge in [-0.15, -0.1) is 0 Å². The Labute approximate surface area is 419 Å². The molecule has 0 radical (unpaired) electrons. The molecule has 8 aromatic carbocycles. The number of nitrogens with zero attached hydrogens (tertiary/aromatic N) is 2. The van der Waals surface area contributed by atoms with Crippen molar-refractivity contribution >= 4 is 57.2 Å². The molecule has 0 bridgehead atoms. The van der Waals surface area contributed by atoms with Gasteiger partial charge in [0.15, 0.2) is 0 Å². The van der Waals surface area contributed by atoms with Crippen LogP contribution < -0.4 is 26.2 Å². The normalized spacial score (nSPS) is 15.4. The minimum Gasteiger partial charge on any atom is -0.311 e. The third-order valence-corrected chi connectivity index (χ3v) is 16.2. The lowest BCUT2D eigenvalue weighted by Gasteiger charge is -2.48. The molecule has 3 heteroatoms. The van der Waals surface area contributed by atoms with Crippen LogP contribution in [-0.4, -0.2) is 6.71 Å². The Morgan fingerprint density at radius 1 is 0.357 bits per heavy atom. The Kier molecular flexibility index (Phi) is 10.3. The summed E-state index contributed by atoms with van der Waals surface area (Å²) in [5.41, 5.74) is 26.6. The third-order valence-electron chi connectivity index (χ3n) is 16.2. The molecule has 2 heterocycles. The van der Waals surface area contributed by atoms with Gasteiger partial charge in [-0.2, -0.15) is 0 Å². The van der Waals surface area contributed by atoms with E-state index in [0.29, 0.717) is 0 Å². The highest BCUT2D eigenvalue weighted by Crippen LogP contribution is 2.54. The maximum atomic E-state index is 2.67. The zero-order chi connectivity index (χ0) is 49.4. The second kappa shape index (κ2) is 15.7. The Morgan fingerprint density at radius 2 is 0.757 bits per heavy atom. The summed E-state index contributed by atoms with van der Waals surface area (Å²) in [6, 6.07) is 63.6. The average molecular weight is 913 g/mol. The van der Waals surface area contributed by atoms with E-state index in [1.807, 2.05) is 0 Å². The number of benzene rings is 8. The van der Waals surface area contributed by atoms with Gasteiger partial charge in [-0.3, -0.25) is 0 Å². The van der Waals surface area contributed by atoms with Crippen LogP contribution in [0.1, 0.15) is 135 Å². The van der Waals surface area contributed by atoms with Crippen molar-refractivity contribution in [3.63, 3.8) is 0 Å². The molecule has 2 aliphatic heterocycles. The lowest BCUT2D eigenvalue weighted by molar-refractivity contribution is 0.521. The van der Waals surface area contributed by atoms with E-state index < -0.39 is 0 Å². The van der Waals surface area contributed by atoms with E-state index >= 15 is 0 Å². The Hall–Kier alpha value is -6.58. The van der Waals surface area contributed by atoms with Gasteiger partial charge < -0.3 is 9.80 Å². The smallest absolute Gasteiger partial charge is 0.252 e. The van der Waals surface area contributed by atoms with Crippen LogP contribution in [0.25, 0.3) is 22.3 Å². The predicted octanol–water partition coefficient (Wildman–Crippen LogP) is 16.3. The molecule has 0 saturated heterocycles. The van der Waals surface area contributed by atoms with Crippen LogP contribution >= 0.6 is 0 Å². The standard InChI is InChI=1S/C67H69BN2/c1-42-35-60-62-61(36-42)70(57-34-31-46(64(5,6)7)38-49(57)44-25-19-16-20-26-44)59-41-53-52(66(11,12)50-27-21-22-28-51(50)67(53,13)14)40-55(59)68(62)54-32-29-47(65(8,9)10)39-58(54)69(60)56-33-30-45(63(2,3)4)37-48(56)43-23-17-15-18-24-43/h15-41H,1-14H3. The topological polar surface area (TPSA) is 6.48 Å².